The Morgan fingerprint density at radius 2 is 1.65 bits per heavy atom. The van der Waals surface area contributed by atoms with Gasteiger partial charge in [0.05, 0.1) is 0 Å². The summed E-state index contributed by atoms with van der Waals surface area (Å²) >= 11 is 0. The van der Waals surface area contributed by atoms with Crippen molar-refractivity contribution >= 4 is 5.57 Å². The molecule has 1 aromatic rings. The molecule has 0 heterocycles. The first-order valence-electron chi connectivity index (χ1n) is 6.79. The fraction of sp³-hybridized carbons (Fsp3) is 0.412. The van der Waals surface area contributed by atoms with Crippen LogP contribution in [0.2, 0.25) is 0 Å². The number of allylic oxidation sites excluding steroid dienone is 3. The van der Waals surface area contributed by atoms with Crippen molar-refractivity contribution in [3.05, 3.63) is 54.1 Å². The molecule has 3 rings (SSSR count). The monoisotopic (exact) mass is 224 g/mol. The number of hydrogen-bond acceptors (Lipinski definition) is 0. The van der Waals surface area contributed by atoms with Gasteiger partial charge in [-0.2, -0.15) is 0 Å². The molecular weight excluding hydrogens is 204 g/mol. The maximum Gasteiger partial charge on any atom is -0.00934 e. The molecule has 1 saturated carbocycles. The van der Waals surface area contributed by atoms with E-state index in [0.717, 1.165) is 18.3 Å². The molecule has 0 nitrogen and oxygen atoms in total. The van der Waals surface area contributed by atoms with Gasteiger partial charge in [0, 0.05) is 0 Å². The molecule has 17 heavy (non-hydrogen) atoms. The van der Waals surface area contributed by atoms with Gasteiger partial charge in [-0.05, 0) is 42.2 Å². The molecule has 2 aliphatic carbocycles. The molecular formula is C17H20. The highest BCUT2D eigenvalue weighted by molar-refractivity contribution is 5.69. The molecule has 88 valence electrons. The van der Waals surface area contributed by atoms with Crippen molar-refractivity contribution in [2.24, 2.45) is 11.8 Å². The molecule has 0 radical (unpaired) electrons. The van der Waals surface area contributed by atoms with Gasteiger partial charge in [-0.1, -0.05) is 61.4 Å². The number of hydrogen-bond donors (Lipinski definition) is 0. The minimum absolute atomic E-state index is 0.743. The van der Waals surface area contributed by atoms with Crippen LogP contribution in [0.1, 0.15) is 37.7 Å². The largest absolute Gasteiger partial charge is 0.0992 e. The molecule has 1 aromatic carbocycles. The summed E-state index contributed by atoms with van der Waals surface area (Å²) in [6.45, 7) is 4.28. The fourth-order valence-corrected chi connectivity index (χ4v) is 3.50. The van der Waals surface area contributed by atoms with Crippen molar-refractivity contribution in [1.82, 2.24) is 0 Å². The van der Waals surface area contributed by atoms with Gasteiger partial charge in [0.2, 0.25) is 0 Å². The number of benzene rings is 1. The molecule has 0 aliphatic heterocycles. The molecule has 0 spiro atoms. The first-order valence-corrected chi connectivity index (χ1v) is 6.79. The molecule has 0 N–H and O–H groups in total. The van der Waals surface area contributed by atoms with Crippen LogP contribution < -0.4 is 0 Å². The molecule has 2 unspecified atom stereocenters. The van der Waals surface area contributed by atoms with E-state index < -0.39 is 0 Å². The number of rotatable bonds is 1. The second kappa shape index (κ2) is 4.52. The molecule has 0 bridgehead atoms. The van der Waals surface area contributed by atoms with Gasteiger partial charge in [0.25, 0.3) is 0 Å². The molecule has 2 aliphatic rings. The van der Waals surface area contributed by atoms with Crippen molar-refractivity contribution in [3.8, 4) is 0 Å². The summed E-state index contributed by atoms with van der Waals surface area (Å²) in [5.41, 5.74) is 4.48. The van der Waals surface area contributed by atoms with Crippen LogP contribution in [0.3, 0.4) is 0 Å². The van der Waals surface area contributed by atoms with Gasteiger partial charge >= 0.3 is 0 Å². The maximum atomic E-state index is 4.28. The molecule has 1 fully saturated rings. The predicted molar refractivity (Wildman–Crippen MR) is 73.6 cm³/mol. The Morgan fingerprint density at radius 1 is 0.941 bits per heavy atom. The van der Waals surface area contributed by atoms with E-state index in [-0.39, 0.29) is 0 Å². The van der Waals surface area contributed by atoms with Crippen LogP contribution >= 0.6 is 0 Å². The average molecular weight is 224 g/mol. The van der Waals surface area contributed by atoms with E-state index in [1.807, 2.05) is 0 Å². The lowest BCUT2D eigenvalue weighted by Gasteiger charge is -2.38. The normalized spacial score (nSPS) is 28.5. The quantitative estimate of drug-likeness (QED) is 0.599. The van der Waals surface area contributed by atoms with Crippen molar-refractivity contribution in [3.63, 3.8) is 0 Å². The van der Waals surface area contributed by atoms with Gasteiger partial charge in [0.1, 0.15) is 0 Å². The third-order valence-electron chi connectivity index (χ3n) is 4.38. The van der Waals surface area contributed by atoms with Crippen molar-refractivity contribution in [2.75, 3.05) is 0 Å². The Balaban J connectivity index is 1.96. The summed E-state index contributed by atoms with van der Waals surface area (Å²) < 4.78 is 0. The molecule has 0 aromatic heterocycles. The first-order chi connectivity index (χ1) is 8.36. The van der Waals surface area contributed by atoms with E-state index >= 15 is 0 Å². The van der Waals surface area contributed by atoms with Crippen LogP contribution in [0, 0.1) is 11.8 Å². The van der Waals surface area contributed by atoms with E-state index in [2.05, 4.69) is 43.0 Å². The second-order valence-electron chi connectivity index (χ2n) is 5.39. The Kier molecular flexibility index (Phi) is 2.88. The lowest BCUT2D eigenvalue weighted by molar-refractivity contribution is 0.323. The summed E-state index contributed by atoms with van der Waals surface area (Å²) in [6.07, 6.45) is 8.99. The Hall–Kier alpha value is -1.30. The summed E-state index contributed by atoms with van der Waals surface area (Å²) in [5.74, 6) is 1.50. The fourth-order valence-electron chi connectivity index (χ4n) is 3.50. The van der Waals surface area contributed by atoms with Crippen LogP contribution in [0.4, 0.5) is 0 Å². The smallest absolute Gasteiger partial charge is 0.00934 e. The maximum absolute atomic E-state index is 4.28. The molecule has 0 heteroatoms. The SMILES string of the molecule is C=C1CC=C(c2ccccc2)C2CCCCC12. The van der Waals surface area contributed by atoms with E-state index in [9.17, 15) is 0 Å². The lowest BCUT2D eigenvalue weighted by Crippen LogP contribution is -2.25. The zero-order valence-corrected chi connectivity index (χ0v) is 10.4. The number of fused-ring (bicyclic) bond motifs is 1. The van der Waals surface area contributed by atoms with E-state index in [1.54, 1.807) is 5.57 Å². The zero-order valence-electron chi connectivity index (χ0n) is 10.4. The van der Waals surface area contributed by atoms with Crippen LogP contribution in [0.5, 0.6) is 0 Å². The highest BCUT2D eigenvalue weighted by atomic mass is 14.4. The van der Waals surface area contributed by atoms with E-state index in [0.29, 0.717) is 0 Å². The second-order valence-corrected chi connectivity index (χ2v) is 5.39. The van der Waals surface area contributed by atoms with Gasteiger partial charge in [-0.25, -0.2) is 0 Å². The Morgan fingerprint density at radius 3 is 2.41 bits per heavy atom. The lowest BCUT2D eigenvalue weighted by atomic mass is 9.67. The standard InChI is InChI=1S/C17H20/c1-13-11-12-16(14-7-3-2-4-8-14)17-10-6-5-9-15(13)17/h2-4,7-8,12,15,17H,1,5-6,9-11H2. The summed E-state index contributed by atoms with van der Waals surface area (Å²) in [4.78, 5) is 0. The summed E-state index contributed by atoms with van der Waals surface area (Å²) in [7, 11) is 0. The Labute approximate surface area is 104 Å². The van der Waals surface area contributed by atoms with Crippen molar-refractivity contribution < 1.29 is 0 Å². The van der Waals surface area contributed by atoms with Gasteiger partial charge in [0.15, 0.2) is 0 Å². The van der Waals surface area contributed by atoms with Crippen molar-refractivity contribution in [1.29, 1.82) is 0 Å². The van der Waals surface area contributed by atoms with Crippen LogP contribution in [-0.4, -0.2) is 0 Å². The van der Waals surface area contributed by atoms with Crippen molar-refractivity contribution in [2.45, 2.75) is 32.1 Å². The van der Waals surface area contributed by atoms with Gasteiger partial charge in [-0.3, -0.25) is 0 Å². The third kappa shape index (κ3) is 1.97. The van der Waals surface area contributed by atoms with E-state index in [4.69, 9.17) is 0 Å². The van der Waals surface area contributed by atoms with Crippen LogP contribution in [0.15, 0.2) is 48.6 Å². The topological polar surface area (TPSA) is 0 Å². The van der Waals surface area contributed by atoms with Gasteiger partial charge < -0.3 is 0 Å². The summed E-state index contributed by atoms with van der Waals surface area (Å²) in [6, 6.07) is 10.9. The van der Waals surface area contributed by atoms with Crippen LogP contribution in [-0.2, 0) is 0 Å². The summed E-state index contributed by atoms with van der Waals surface area (Å²) in [5, 5.41) is 0. The average Bonchev–Trinajstić information content (AvgIpc) is 2.41. The molecule has 0 amide bonds. The Bertz CT molecular complexity index is 438. The van der Waals surface area contributed by atoms with Crippen LogP contribution in [0.25, 0.3) is 5.57 Å². The third-order valence-corrected chi connectivity index (χ3v) is 4.38. The molecule has 0 saturated heterocycles. The molecule has 2 atom stereocenters. The first kappa shape index (κ1) is 10.8. The minimum atomic E-state index is 0.743. The predicted octanol–water partition coefficient (Wildman–Crippen LogP) is 4.84. The zero-order chi connectivity index (χ0) is 11.7. The van der Waals surface area contributed by atoms with Gasteiger partial charge in [-0.15, -0.1) is 0 Å². The highest BCUT2D eigenvalue weighted by Gasteiger charge is 2.32. The highest BCUT2D eigenvalue weighted by Crippen LogP contribution is 2.46. The van der Waals surface area contributed by atoms with E-state index in [1.165, 1.54) is 36.8 Å². The minimum Gasteiger partial charge on any atom is -0.0992 e.